The normalized spacial score (nSPS) is 11.4. The number of hydrogen-bond acceptors (Lipinski definition) is 6. The number of benzene rings is 2. The Balaban J connectivity index is 1.45. The van der Waals surface area contributed by atoms with E-state index in [1.807, 2.05) is 12.1 Å². The molecule has 3 aromatic rings. The molecule has 0 spiro atoms. The third-order valence-electron chi connectivity index (χ3n) is 4.22. The van der Waals surface area contributed by atoms with Gasteiger partial charge in [-0.1, -0.05) is 28.9 Å². The molecule has 10 heteroatoms. The summed E-state index contributed by atoms with van der Waals surface area (Å²) in [6.45, 7) is 0.478. The van der Waals surface area contributed by atoms with Gasteiger partial charge in [-0.2, -0.15) is 4.98 Å². The molecule has 158 valence electrons. The Bertz CT molecular complexity index is 1100. The highest BCUT2D eigenvalue weighted by atomic mass is 35.5. The lowest BCUT2D eigenvalue weighted by molar-refractivity contribution is -0.121. The number of hydrogen-bond donors (Lipinski definition) is 1. The van der Waals surface area contributed by atoms with Gasteiger partial charge in [0.1, 0.15) is 11.6 Å². The number of aromatic nitrogens is 2. The first kappa shape index (κ1) is 21.9. The van der Waals surface area contributed by atoms with Gasteiger partial charge in [0.25, 0.3) is 0 Å². The number of nitrogens with zero attached hydrogens (tertiary/aromatic N) is 2. The molecule has 7 nitrogen and oxygen atoms in total. The van der Waals surface area contributed by atoms with E-state index in [2.05, 4.69) is 15.5 Å². The lowest BCUT2D eigenvalue weighted by atomic mass is 10.1. The molecule has 0 bridgehead atoms. The predicted molar refractivity (Wildman–Crippen MR) is 108 cm³/mol. The summed E-state index contributed by atoms with van der Waals surface area (Å²) in [5.41, 5.74) is 1.06. The van der Waals surface area contributed by atoms with Crippen molar-refractivity contribution in [2.75, 3.05) is 6.54 Å². The van der Waals surface area contributed by atoms with Gasteiger partial charge in [-0.05, 0) is 48.4 Å². The summed E-state index contributed by atoms with van der Waals surface area (Å²) in [5.74, 6) is -1.02. The van der Waals surface area contributed by atoms with E-state index < -0.39 is 21.4 Å². The van der Waals surface area contributed by atoms with Crippen molar-refractivity contribution >= 4 is 27.3 Å². The third kappa shape index (κ3) is 6.36. The SMILES string of the molecule is O=C(CCc1nc(CS(=O)(=O)c2ccc(F)cc2)no1)NCCc1ccc(Cl)cc1. The van der Waals surface area contributed by atoms with Crippen molar-refractivity contribution in [3.8, 4) is 0 Å². The second-order valence-corrected chi connectivity index (χ2v) is 8.97. The first-order chi connectivity index (χ1) is 14.3. The molecule has 1 heterocycles. The Labute approximate surface area is 178 Å². The summed E-state index contributed by atoms with van der Waals surface area (Å²) in [6.07, 6.45) is 0.998. The molecule has 0 saturated carbocycles. The molecular weight excluding hydrogens is 433 g/mol. The second-order valence-electron chi connectivity index (χ2n) is 6.54. The molecule has 0 unspecified atom stereocenters. The average molecular weight is 452 g/mol. The number of aryl methyl sites for hydroxylation is 1. The van der Waals surface area contributed by atoms with E-state index in [0.717, 1.165) is 17.7 Å². The Morgan fingerprint density at radius 2 is 1.77 bits per heavy atom. The maximum atomic E-state index is 13.0. The van der Waals surface area contributed by atoms with E-state index >= 15 is 0 Å². The van der Waals surface area contributed by atoms with Crippen LogP contribution in [0, 0.1) is 5.82 Å². The van der Waals surface area contributed by atoms with Crippen LogP contribution in [0.15, 0.2) is 57.9 Å². The highest BCUT2D eigenvalue weighted by molar-refractivity contribution is 7.90. The van der Waals surface area contributed by atoms with Gasteiger partial charge < -0.3 is 9.84 Å². The van der Waals surface area contributed by atoms with Crippen molar-refractivity contribution in [2.24, 2.45) is 0 Å². The van der Waals surface area contributed by atoms with Crippen LogP contribution >= 0.6 is 11.6 Å². The van der Waals surface area contributed by atoms with E-state index in [-0.39, 0.29) is 35.4 Å². The lowest BCUT2D eigenvalue weighted by Gasteiger charge is -2.04. The summed E-state index contributed by atoms with van der Waals surface area (Å²) in [4.78, 5) is 16.0. The second kappa shape index (κ2) is 9.82. The Morgan fingerprint density at radius 3 is 2.47 bits per heavy atom. The number of halogens is 2. The van der Waals surface area contributed by atoms with Crippen LogP contribution in [0.3, 0.4) is 0 Å². The minimum atomic E-state index is -3.73. The molecule has 0 atom stereocenters. The molecule has 2 aromatic carbocycles. The first-order valence-electron chi connectivity index (χ1n) is 9.13. The lowest BCUT2D eigenvalue weighted by Crippen LogP contribution is -2.25. The zero-order valence-corrected chi connectivity index (χ0v) is 17.4. The molecule has 0 radical (unpaired) electrons. The van der Waals surface area contributed by atoms with Crippen molar-refractivity contribution in [1.29, 1.82) is 0 Å². The molecular formula is C20H19ClFN3O4S. The largest absolute Gasteiger partial charge is 0.356 e. The summed E-state index contributed by atoms with van der Waals surface area (Å²) in [7, 11) is -3.73. The van der Waals surface area contributed by atoms with E-state index in [1.54, 1.807) is 12.1 Å². The van der Waals surface area contributed by atoms with Crippen LogP contribution in [0.2, 0.25) is 5.02 Å². The van der Waals surface area contributed by atoms with E-state index in [0.29, 0.717) is 18.0 Å². The number of sulfone groups is 1. The van der Waals surface area contributed by atoms with Gasteiger partial charge in [-0.25, -0.2) is 12.8 Å². The molecule has 1 amide bonds. The van der Waals surface area contributed by atoms with Crippen LogP contribution in [0.1, 0.15) is 23.7 Å². The van der Waals surface area contributed by atoms with Crippen molar-refractivity contribution < 1.29 is 22.1 Å². The summed E-state index contributed by atoms with van der Waals surface area (Å²) in [5, 5.41) is 7.11. The zero-order valence-electron chi connectivity index (χ0n) is 15.8. The van der Waals surface area contributed by atoms with E-state index in [9.17, 15) is 17.6 Å². The van der Waals surface area contributed by atoms with Crippen molar-refractivity contribution in [3.05, 3.63) is 76.6 Å². The Hall–Kier alpha value is -2.78. The topological polar surface area (TPSA) is 102 Å². The highest BCUT2D eigenvalue weighted by Crippen LogP contribution is 2.16. The van der Waals surface area contributed by atoms with Gasteiger partial charge in [-0.15, -0.1) is 0 Å². The molecule has 0 aliphatic heterocycles. The van der Waals surface area contributed by atoms with Crippen LogP contribution in [0.4, 0.5) is 4.39 Å². The standard InChI is InChI=1S/C20H19ClFN3O4S/c21-15-3-1-14(2-4-15)11-12-23-19(26)9-10-20-24-18(25-29-20)13-30(27,28)17-7-5-16(22)6-8-17/h1-8H,9-13H2,(H,23,26). The fraction of sp³-hybridized carbons (Fsp3) is 0.250. The average Bonchev–Trinajstić information content (AvgIpc) is 3.15. The fourth-order valence-electron chi connectivity index (χ4n) is 2.65. The monoisotopic (exact) mass is 451 g/mol. The summed E-state index contributed by atoms with van der Waals surface area (Å²) < 4.78 is 42.6. The number of rotatable bonds is 9. The van der Waals surface area contributed by atoms with Gasteiger partial charge in [0.15, 0.2) is 15.7 Å². The van der Waals surface area contributed by atoms with Crippen molar-refractivity contribution in [3.63, 3.8) is 0 Å². The van der Waals surface area contributed by atoms with Gasteiger partial charge >= 0.3 is 0 Å². The van der Waals surface area contributed by atoms with E-state index in [4.69, 9.17) is 16.1 Å². The van der Waals surface area contributed by atoms with Crippen molar-refractivity contribution in [2.45, 2.75) is 29.9 Å². The summed E-state index contributed by atoms with van der Waals surface area (Å²) >= 11 is 5.83. The number of carbonyl (C=O) groups excluding carboxylic acids is 1. The first-order valence-corrected chi connectivity index (χ1v) is 11.2. The van der Waals surface area contributed by atoms with Crippen LogP contribution in [0.25, 0.3) is 0 Å². The van der Waals surface area contributed by atoms with Crippen molar-refractivity contribution in [1.82, 2.24) is 15.5 Å². The smallest absolute Gasteiger partial charge is 0.227 e. The number of nitrogens with one attached hydrogen (secondary N) is 1. The van der Waals surface area contributed by atoms with Gasteiger partial charge in [0.05, 0.1) is 4.90 Å². The van der Waals surface area contributed by atoms with Gasteiger partial charge in [-0.3, -0.25) is 4.79 Å². The predicted octanol–water partition coefficient (Wildman–Crippen LogP) is 3.13. The van der Waals surface area contributed by atoms with Crippen LogP contribution < -0.4 is 5.32 Å². The zero-order chi connectivity index (χ0) is 21.6. The van der Waals surface area contributed by atoms with Crippen LogP contribution in [-0.4, -0.2) is 31.0 Å². The molecule has 0 fully saturated rings. The Kier molecular flexibility index (Phi) is 7.17. The minimum absolute atomic E-state index is 0.0162. The quantitative estimate of drug-likeness (QED) is 0.501. The molecule has 1 aromatic heterocycles. The number of amides is 1. The van der Waals surface area contributed by atoms with E-state index in [1.165, 1.54) is 12.1 Å². The fourth-order valence-corrected chi connectivity index (χ4v) is 3.95. The molecule has 3 rings (SSSR count). The minimum Gasteiger partial charge on any atom is -0.356 e. The number of carbonyl (C=O) groups is 1. The third-order valence-corrected chi connectivity index (χ3v) is 6.10. The molecule has 1 N–H and O–H groups in total. The molecule has 0 saturated heterocycles. The Morgan fingerprint density at radius 1 is 1.07 bits per heavy atom. The molecule has 0 aliphatic rings. The van der Waals surface area contributed by atoms with Gasteiger partial charge in [0.2, 0.25) is 11.8 Å². The maximum absolute atomic E-state index is 13.0. The highest BCUT2D eigenvalue weighted by Gasteiger charge is 2.19. The maximum Gasteiger partial charge on any atom is 0.227 e. The van der Waals surface area contributed by atoms with Gasteiger partial charge in [0, 0.05) is 24.4 Å². The van der Waals surface area contributed by atoms with Crippen LogP contribution in [-0.2, 0) is 33.2 Å². The van der Waals surface area contributed by atoms with Crippen LogP contribution in [0.5, 0.6) is 0 Å². The molecule has 0 aliphatic carbocycles. The molecule has 30 heavy (non-hydrogen) atoms. The summed E-state index contributed by atoms with van der Waals surface area (Å²) in [6, 6.07) is 11.9.